The first kappa shape index (κ1) is 10.7. The number of hydrogen-bond acceptors (Lipinski definition) is 2. The van der Waals surface area contributed by atoms with Gasteiger partial charge in [0, 0.05) is 0 Å². The van der Waals surface area contributed by atoms with Gasteiger partial charge in [0.05, 0.1) is 0 Å². The van der Waals surface area contributed by atoms with Crippen LogP contribution in [0.5, 0.6) is 0 Å². The van der Waals surface area contributed by atoms with Crippen molar-refractivity contribution < 1.29 is 13.9 Å². The van der Waals surface area contributed by atoms with E-state index in [0.29, 0.717) is 0 Å². The van der Waals surface area contributed by atoms with Crippen LogP contribution in [0.1, 0.15) is 19.4 Å². The van der Waals surface area contributed by atoms with Crippen molar-refractivity contribution >= 4 is 5.97 Å². The maximum absolute atomic E-state index is 13.0. The van der Waals surface area contributed by atoms with Crippen molar-refractivity contribution in [3.63, 3.8) is 0 Å². The minimum Gasteiger partial charge on any atom is -0.458 e. The van der Waals surface area contributed by atoms with Gasteiger partial charge < -0.3 is 4.74 Å². The number of alkyl halides is 1. The molecule has 0 saturated heterocycles. The third-order valence-electron chi connectivity index (χ3n) is 1.70. The van der Waals surface area contributed by atoms with Crippen LogP contribution in [-0.4, -0.2) is 11.6 Å². The van der Waals surface area contributed by atoms with Crippen LogP contribution in [0.2, 0.25) is 0 Å². The minimum absolute atomic E-state index is 0.118. The van der Waals surface area contributed by atoms with Crippen LogP contribution in [0.3, 0.4) is 0 Å². The van der Waals surface area contributed by atoms with Gasteiger partial charge in [0.2, 0.25) is 5.67 Å². The number of rotatable bonds is 3. The SMILES string of the molecule is CC(C)(F)C(=O)OCc1ccccc1. The summed E-state index contributed by atoms with van der Waals surface area (Å²) in [6, 6.07) is 9.18. The Bertz CT molecular complexity index is 301. The molecule has 0 fully saturated rings. The highest BCUT2D eigenvalue weighted by Gasteiger charge is 2.28. The van der Waals surface area contributed by atoms with Crippen molar-refractivity contribution in [2.45, 2.75) is 26.1 Å². The average Bonchev–Trinajstić information content (AvgIpc) is 2.14. The smallest absolute Gasteiger partial charge is 0.343 e. The van der Waals surface area contributed by atoms with Crippen molar-refractivity contribution in [2.75, 3.05) is 0 Å². The van der Waals surface area contributed by atoms with Crippen molar-refractivity contribution in [3.8, 4) is 0 Å². The van der Waals surface area contributed by atoms with Crippen LogP contribution >= 0.6 is 0 Å². The number of esters is 1. The zero-order valence-electron chi connectivity index (χ0n) is 8.29. The summed E-state index contributed by atoms with van der Waals surface area (Å²) in [6.07, 6.45) is 0. The van der Waals surface area contributed by atoms with E-state index in [2.05, 4.69) is 0 Å². The third kappa shape index (κ3) is 3.17. The molecule has 0 spiro atoms. The molecule has 0 amide bonds. The van der Waals surface area contributed by atoms with Crippen molar-refractivity contribution in [2.24, 2.45) is 0 Å². The zero-order valence-corrected chi connectivity index (χ0v) is 8.29. The fourth-order valence-electron chi connectivity index (χ4n) is 0.895. The first-order chi connectivity index (χ1) is 6.50. The molecule has 0 aliphatic carbocycles. The van der Waals surface area contributed by atoms with E-state index in [1.165, 1.54) is 13.8 Å². The van der Waals surface area contributed by atoms with Crippen molar-refractivity contribution in [3.05, 3.63) is 35.9 Å². The summed E-state index contributed by atoms with van der Waals surface area (Å²) in [5.41, 5.74) is -1.07. The quantitative estimate of drug-likeness (QED) is 0.694. The Hall–Kier alpha value is -1.38. The molecule has 0 atom stereocenters. The lowest BCUT2D eigenvalue weighted by Crippen LogP contribution is -2.28. The Morgan fingerprint density at radius 3 is 2.43 bits per heavy atom. The van der Waals surface area contributed by atoms with Crippen LogP contribution in [-0.2, 0) is 16.1 Å². The van der Waals surface area contributed by atoms with Gasteiger partial charge in [-0.3, -0.25) is 0 Å². The highest BCUT2D eigenvalue weighted by molar-refractivity contribution is 5.78. The first-order valence-corrected chi connectivity index (χ1v) is 4.40. The second kappa shape index (κ2) is 4.22. The van der Waals surface area contributed by atoms with E-state index in [-0.39, 0.29) is 6.61 Å². The highest BCUT2D eigenvalue weighted by Crippen LogP contribution is 2.12. The fraction of sp³-hybridized carbons (Fsp3) is 0.364. The Balaban J connectivity index is 2.46. The van der Waals surface area contributed by atoms with Crippen LogP contribution in [0.4, 0.5) is 4.39 Å². The summed E-state index contributed by atoms with van der Waals surface area (Å²) in [5.74, 6) is -0.832. The van der Waals surface area contributed by atoms with E-state index in [0.717, 1.165) is 5.56 Å². The Kier molecular flexibility index (Phi) is 3.23. The number of carbonyl (C=O) groups is 1. The van der Waals surface area contributed by atoms with Crippen molar-refractivity contribution in [1.29, 1.82) is 0 Å². The lowest BCUT2D eigenvalue weighted by atomic mass is 10.2. The molecule has 0 aliphatic rings. The van der Waals surface area contributed by atoms with E-state index < -0.39 is 11.6 Å². The van der Waals surface area contributed by atoms with Crippen LogP contribution in [0.15, 0.2) is 30.3 Å². The molecule has 1 aromatic rings. The fourth-order valence-corrected chi connectivity index (χ4v) is 0.895. The molecule has 1 aromatic carbocycles. The summed E-state index contributed by atoms with van der Waals surface area (Å²) >= 11 is 0. The molecule has 2 nitrogen and oxygen atoms in total. The van der Waals surface area contributed by atoms with Gasteiger partial charge in [0.15, 0.2) is 0 Å². The average molecular weight is 196 g/mol. The van der Waals surface area contributed by atoms with Crippen molar-refractivity contribution in [1.82, 2.24) is 0 Å². The number of hydrogen-bond donors (Lipinski definition) is 0. The van der Waals surface area contributed by atoms with Crippen LogP contribution in [0.25, 0.3) is 0 Å². The topological polar surface area (TPSA) is 26.3 Å². The van der Waals surface area contributed by atoms with Crippen LogP contribution < -0.4 is 0 Å². The molecule has 1 rings (SSSR count). The maximum Gasteiger partial charge on any atom is 0.343 e. The maximum atomic E-state index is 13.0. The molecule has 0 saturated carbocycles. The van der Waals surface area contributed by atoms with Gasteiger partial charge in [0.1, 0.15) is 6.61 Å². The molecule has 0 aromatic heterocycles. The summed E-state index contributed by atoms with van der Waals surface area (Å²) in [5, 5.41) is 0. The Morgan fingerprint density at radius 2 is 1.93 bits per heavy atom. The molecule has 14 heavy (non-hydrogen) atoms. The Labute approximate surface area is 82.7 Å². The normalized spacial score (nSPS) is 11.1. The molecular formula is C11H13FO2. The molecule has 0 heterocycles. The molecule has 0 unspecified atom stereocenters. The highest BCUT2D eigenvalue weighted by atomic mass is 19.1. The van der Waals surface area contributed by atoms with Gasteiger partial charge in [-0.1, -0.05) is 30.3 Å². The lowest BCUT2D eigenvalue weighted by Gasteiger charge is -2.12. The lowest BCUT2D eigenvalue weighted by molar-refractivity contribution is -0.156. The molecule has 0 aliphatic heterocycles. The predicted octanol–water partition coefficient (Wildman–Crippen LogP) is 2.48. The number of carbonyl (C=O) groups excluding carboxylic acids is 1. The molecule has 0 N–H and O–H groups in total. The summed E-state index contributed by atoms with van der Waals surface area (Å²) in [7, 11) is 0. The van der Waals surface area contributed by atoms with Crippen LogP contribution in [0, 0.1) is 0 Å². The van der Waals surface area contributed by atoms with E-state index >= 15 is 0 Å². The van der Waals surface area contributed by atoms with Gasteiger partial charge >= 0.3 is 5.97 Å². The van der Waals surface area contributed by atoms with Gasteiger partial charge in [-0.2, -0.15) is 0 Å². The second-order valence-electron chi connectivity index (χ2n) is 3.53. The van der Waals surface area contributed by atoms with E-state index in [9.17, 15) is 9.18 Å². The minimum atomic E-state index is -1.92. The van der Waals surface area contributed by atoms with Gasteiger partial charge in [-0.25, -0.2) is 9.18 Å². The molecule has 0 bridgehead atoms. The summed E-state index contributed by atoms with van der Waals surface area (Å²) < 4.78 is 17.8. The third-order valence-corrected chi connectivity index (χ3v) is 1.70. The monoisotopic (exact) mass is 196 g/mol. The molecule has 3 heteroatoms. The van der Waals surface area contributed by atoms with E-state index in [4.69, 9.17) is 4.74 Å². The number of halogens is 1. The molecule has 76 valence electrons. The number of ether oxygens (including phenoxy) is 1. The molecular weight excluding hydrogens is 183 g/mol. The van der Waals surface area contributed by atoms with Gasteiger partial charge in [0.25, 0.3) is 0 Å². The first-order valence-electron chi connectivity index (χ1n) is 4.40. The zero-order chi connectivity index (χ0) is 10.6. The Morgan fingerprint density at radius 1 is 1.36 bits per heavy atom. The van der Waals surface area contributed by atoms with E-state index in [1.54, 1.807) is 0 Å². The second-order valence-corrected chi connectivity index (χ2v) is 3.53. The van der Waals surface area contributed by atoms with Gasteiger partial charge in [-0.15, -0.1) is 0 Å². The summed E-state index contributed by atoms with van der Waals surface area (Å²) in [4.78, 5) is 11.0. The van der Waals surface area contributed by atoms with Gasteiger partial charge in [-0.05, 0) is 19.4 Å². The predicted molar refractivity (Wildman–Crippen MR) is 51.4 cm³/mol. The summed E-state index contributed by atoms with van der Waals surface area (Å²) in [6.45, 7) is 2.48. The number of benzene rings is 1. The largest absolute Gasteiger partial charge is 0.458 e. The molecule has 0 radical (unpaired) electrons. The van der Waals surface area contributed by atoms with E-state index in [1.807, 2.05) is 30.3 Å². The standard InChI is InChI=1S/C11H13FO2/c1-11(2,12)10(13)14-8-9-6-4-3-5-7-9/h3-7H,8H2,1-2H3.